The number of nitrogens with zero attached hydrogens (tertiary/aromatic N) is 1. The van der Waals surface area contributed by atoms with Gasteiger partial charge in [0.1, 0.15) is 23.0 Å². The van der Waals surface area contributed by atoms with Crippen molar-refractivity contribution in [1.29, 1.82) is 0 Å². The lowest BCUT2D eigenvalue weighted by Gasteiger charge is -2.47. The number of anilines is 3. The second-order valence-corrected chi connectivity index (χ2v) is 12.0. The standard InChI is InChI=1S/C38H21B2NO2/c1-3-11-24-22(9-1)17-19-28-37(24)42-32-21-33-35-36-34(32)39(28)26-13-5-7-15-30(26)41(36)31-16-8-6-14-27(31)40(35)29-20-18-23-10-2-4-12-25(23)38(29)43-33/h1-21H. The largest absolute Gasteiger partial charge is 0.458 e. The van der Waals surface area contributed by atoms with Gasteiger partial charge < -0.3 is 14.4 Å². The molecule has 0 amide bonds. The number of fused-ring (bicyclic) bond motifs is 14. The highest BCUT2D eigenvalue weighted by Gasteiger charge is 2.50. The van der Waals surface area contributed by atoms with Crippen molar-refractivity contribution in [3.8, 4) is 23.0 Å². The van der Waals surface area contributed by atoms with Crippen LogP contribution in [0, 0.1) is 0 Å². The van der Waals surface area contributed by atoms with Gasteiger partial charge in [0.05, 0.1) is 0 Å². The Kier molecular flexibility index (Phi) is 3.98. The van der Waals surface area contributed by atoms with E-state index in [0.29, 0.717) is 0 Å². The molecule has 0 N–H and O–H groups in total. The van der Waals surface area contributed by atoms with E-state index >= 15 is 0 Å². The van der Waals surface area contributed by atoms with Gasteiger partial charge in [0.2, 0.25) is 0 Å². The molecular formula is C38H21B2NO2. The third-order valence-electron chi connectivity index (χ3n) is 9.95. The van der Waals surface area contributed by atoms with Gasteiger partial charge in [-0.15, -0.1) is 0 Å². The summed E-state index contributed by atoms with van der Waals surface area (Å²) >= 11 is 0. The average molecular weight is 545 g/mol. The van der Waals surface area contributed by atoms with Crippen LogP contribution in [0.3, 0.4) is 0 Å². The lowest BCUT2D eigenvalue weighted by atomic mass is 9.29. The number of benzene rings is 7. The van der Waals surface area contributed by atoms with Gasteiger partial charge in [-0.3, -0.25) is 0 Å². The highest BCUT2D eigenvalue weighted by Crippen LogP contribution is 2.46. The molecule has 196 valence electrons. The van der Waals surface area contributed by atoms with E-state index in [1.54, 1.807) is 0 Å². The third-order valence-corrected chi connectivity index (χ3v) is 9.95. The van der Waals surface area contributed by atoms with E-state index in [2.05, 4.69) is 132 Å². The Labute approximate surface area is 249 Å². The lowest BCUT2D eigenvalue weighted by molar-refractivity contribution is 0.471. The number of hydrogen-bond acceptors (Lipinski definition) is 3. The summed E-state index contributed by atoms with van der Waals surface area (Å²) in [4.78, 5) is 2.47. The molecule has 0 bridgehead atoms. The van der Waals surface area contributed by atoms with E-state index in [9.17, 15) is 0 Å². The molecule has 0 radical (unpaired) electrons. The minimum absolute atomic E-state index is 0.0556. The Hall–Kier alpha value is -5.41. The van der Waals surface area contributed by atoms with Crippen molar-refractivity contribution in [2.75, 3.05) is 4.90 Å². The van der Waals surface area contributed by atoms with Crippen LogP contribution in [0.2, 0.25) is 0 Å². The molecule has 0 aromatic heterocycles. The second kappa shape index (κ2) is 7.70. The van der Waals surface area contributed by atoms with Gasteiger partial charge in [-0.05, 0) is 55.7 Å². The van der Waals surface area contributed by atoms with Gasteiger partial charge in [0.25, 0.3) is 13.4 Å². The van der Waals surface area contributed by atoms with Crippen molar-refractivity contribution in [3.05, 3.63) is 127 Å². The maximum atomic E-state index is 6.98. The zero-order valence-corrected chi connectivity index (χ0v) is 23.0. The highest BCUT2D eigenvalue weighted by molar-refractivity contribution is 7.03. The van der Waals surface area contributed by atoms with E-state index < -0.39 is 0 Å². The first-order chi connectivity index (χ1) is 21.3. The van der Waals surface area contributed by atoms with Crippen molar-refractivity contribution in [2.45, 2.75) is 0 Å². The van der Waals surface area contributed by atoms with Crippen LogP contribution in [0.5, 0.6) is 23.0 Å². The Morgan fingerprint density at radius 1 is 0.442 bits per heavy atom. The summed E-state index contributed by atoms with van der Waals surface area (Å²) in [5, 5.41) is 4.63. The number of rotatable bonds is 0. The molecular weight excluding hydrogens is 524 g/mol. The van der Waals surface area contributed by atoms with E-state index in [-0.39, 0.29) is 13.4 Å². The fourth-order valence-electron chi connectivity index (χ4n) is 8.24. The minimum atomic E-state index is 0.0556. The van der Waals surface area contributed by atoms with Crippen molar-refractivity contribution in [2.24, 2.45) is 0 Å². The van der Waals surface area contributed by atoms with Crippen LogP contribution in [-0.2, 0) is 0 Å². The second-order valence-electron chi connectivity index (χ2n) is 12.0. The number of para-hydroxylation sites is 2. The van der Waals surface area contributed by atoms with Crippen LogP contribution in [-0.4, -0.2) is 13.4 Å². The first kappa shape index (κ1) is 22.2. The maximum absolute atomic E-state index is 6.98. The lowest BCUT2D eigenvalue weighted by Crippen LogP contribution is -2.67. The van der Waals surface area contributed by atoms with Crippen molar-refractivity contribution in [1.82, 2.24) is 0 Å². The Bertz CT molecular complexity index is 2240. The summed E-state index contributed by atoms with van der Waals surface area (Å²) in [6.07, 6.45) is 0. The van der Waals surface area contributed by atoms with Gasteiger partial charge in [-0.25, -0.2) is 0 Å². The SMILES string of the molecule is c1ccc2c(c1)B1c3ccc4ccccc4c3Oc3cc4c5c(c31)N2c1ccccc1B5c1ccc2ccccc2c1O4. The predicted octanol–water partition coefficient (Wildman–Crippen LogP) is 5.33. The average Bonchev–Trinajstić information content (AvgIpc) is 3.07. The summed E-state index contributed by atoms with van der Waals surface area (Å²) in [5.74, 6) is 3.65. The Morgan fingerprint density at radius 3 is 1.44 bits per heavy atom. The monoisotopic (exact) mass is 545 g/mol. The van der Waals surface area contributed by atoms with Crippen LogP contribution in [0.25, 0.3) is 21.5 Å². The van der Waals surface area contributed by atoms with E-state index in [1.807, 2.05) is 0 Å². The summed E-state index contributed by atoms with van der Waals surface area (Å²) in [6, 6.07) is 46.0. The van der Waals surface area contributed by atoms with Gasteiger partial charge >= 0.3 is 0 Å². The van der Waals surface area contributed by atoms with E-state index in [0.717, 1.165) is 33.8 Å². The summed E-state index contributed by atoms with van der Waals surface area (Å²) in [5.41, 5.74) is 11.1. The fraction of sp³-hybridized carbons (Fsp3) is 0. The molecule has 7 aromatic carbocycles. The van der Waals surface area contributed by atoms with Crippen molar-refractivity contribution < 1.29 is 9.47 Å². The molecule has 4 aliphatic heterocycles. The minimum Gasteiger partial charge on any atom is -0.458 e. The van der Waals surface area contributed by atoms with E-state index in [1.165, 1.54) is 60.6 Å². The molecule has 7 aromatic rings. The molecule has 0 spiro atoms. The summed E-state index contributed by atoms with van der Waals surface area (Å²) in [6.45, 7) is 0.111. The smallest absolute Gasteiger partial charge is 0.256 e. The molecule has 11 rings (SSSR count). The maximum Gasteiger partial charge on any atom is 0.256 e. The van der Waals surface area contributed by atoms with Crippen LogP contribution >= 0.6 is 0 Å². The molecule has 0 saturated carbocycles. The molecule has 0 saturated heterocycles. The third kappa shape index (κ3) is 2.65. The predicted molar refractivity (Wildman–Crippen MR) is 178 cm³/mol. The van der Waals surface area contributed by atoms with Gasteiger partial charge in [0, 0.05) is 33.9 Å². The molecule has 43 heavy (non-hydrogen) atoms. The quantitative estimate of drug-likeness (QED) is 0.241. The fourth-order valence-corrected chi connectivity index (χ4v) is 8.24. The molecule has 0 aliphatic carbocycles. The topological polar surface area (TPSA) is 21.7 Å². The van der Waals surface area contributed by atoms with Gasteiger partial charge in [0.15, 0.2) is 0 Å². The molecule has 4 aliphatic rings. The first-order valence-corrected chi connectivity index (χ1v) is 14.9. The molecule has 0 atom stereocenters. The Morgan fingerprint density at radius 2 is 0.907 bits per heavy atom. The molecule has 0 fully saturated rings. The highest BCUT2D eigenvalue weighted by atomic mass is 16.5. The molecule has 4 heterocycles. The molecule has 0 unspecified atom stereocenters. The molecule has 5 heteroatoms. The van der Waals surface area contributed by atoms with Crippen LogP contribution < -0.4 is 47.2 Å². The summed E-state index contributed by atoms with van der Waals surface area (Å²) < 4.78 is 14.0. The van der Waals surface area contributed by atoms with Crippen molar-refractivity contribution in [3.63, 3.8) is 0 Å². The normalized spacial score (nSPS) is 14.3. The van der Waals surface area contributed by atoms with E-state index in [4.69, 9.17) is 9.47 Å². The van der Waals surface area contributed by atoms with Gasteiger partial charge in [-0.2, -0.15) is 0 Å². The first-order valence-electron chi connectivity index (χ1n) is 14.9. The van der Waals surface area contributed by atoms with Crippen LogP contribution in [0.1, 0.15) is 0 Å². The summed E-state index contributed by atoms with van der Waals surface area (Å²) in [7, 11) is 0. The number of ether oxygens (including phenoxy) is 2. The number of hydrogen-bond donors (Lipinski definition) is 0. The zero-order chi connectivity index (χ0) is 27.8. The Balaban J connectivity index is 1.29. The van der Waals surface area contributed by atoms with Crippen molar-refractivity contribution >= 4 is 84.8 Å². The van der Waals surface area contributed by atoms with Crippen LogP contribution in [0.4, 0.5) is 17.1 Å². The molecule has 3 nitrogen and oxygen atoms in total. The van der Waals surface area contributed by atoms with Gasteiger partial charge in [-0.1, -0.05) is 109 Å². The van der Waals surface area contributed by atoms with Crippen LogP contribution in [0.15, 0.2) is 127 Å². The zero-order valence-electron chi connectivity index (χ0n) is 23.0.